The number of hydrogen-bond acceptors (Lipinski definition) is 2. The monoisotopic (exact) mass is 132 g/mol. The van der Waals surface area contributed by atoms with Crippen LogP contribution in [0.1, 0.15) is 13.3 Å². The lowest BCUT2D eigenvalue weighted by molar-refractivity contribution is -0.137. The van der Waals surface area contributed by atoms with Crippen molar-refractivity contribution in [2.24, 2.45) is 0 Å². The molecule has 3 heteroatoms. The van der Waals surface area contributed by atoms with E-state index in [1.807, 2.05) is 0 Å². The first-order chi connectivity index (χ1) is 4.22. The molecule has 2 nitrogen and oxygen atoms in total. The van der Waals surface area contributed by atoms with Crippen LogP contribution in [-0.4, -0.2) is 13.1 Å². The van der Waals surface area contributed by atoms with E-state index >= 15 is 0 Å². The first-order valence-electron chi connectivity index (χ1n) is 2.66. The van der Waals surface area contributed by atoms with Crippen molar-refractivity contribution in [3.63, 3.8) is 0 Å². The minimum absolute atomic E-state index is 0.501. The van der Waals surface area contributed by atoms with E-state index in [1.165, 1.54) is 6.08 Å². The summed E-state index contributed by atoms with van der Waals surface area (Å²) in [6, 6.07) is 0. The third-order valence-corrected chi connectivity index (χ3v) is 0.764. The third-order valence-electron chi connectivity index (χ3n) is 0.764. The van der Waals surface area contributed by atoms with Gasteiger partial charge in [-0.15, -0.1) is 0 Å². The highest BCUT2D eigenvalue weighted by Crippen LogP contribution is 1.99. The Morgan fingerprint density at radius 2 is 2.33 bits per heavy atom. The first-order valence-corrected chi connectivity index (χ1v) is 2.66. The molecule has 0 radical (unpaired) electrons. The van der Waals surface area contributed by atoms with Crippen LogP contribution in [0.2, 0.25) is 0 Å². The van der Waals surface area contributed by atoms with Crippen molar-refractivity contribution >= 4 is 5.97 Å². The van der Waals surface area contributed by atoms with Crippen LogP contribution in [0.4, 0.5) is 4.39 Å². The van der Waals surface area contributed by atoms with E-state index in [-0.39, 0.29) is 0 Å². The van der Waals surface area contributed by atoms with Gasteiger partial charge in [-0.25, -0.2) is 4.79 Å². The van der Waals surface area contributed by atoms with Crippen molar-refractivity contribution in [2.75, 3.05) is 7.11 Å². The third kappa shape index (κ3) is 2.85. The first kappa shape index (κ1) is 8.14. The van der Waals surface area contributed by atoms with Crippen LogP contribution in [-0.2, 0) is 9.53 Å². The Kier molecular flexibility index (Phi) is 3.67. The van der Waals surface area contributed by atoms with Crippen LogP contribution in [0.15, 0.2) is 11.9 Å². The van der Waals surface area contributed by atoms with Crippen LogP contribution < -0.4 is 0 Å². The Balaban J connectivity index is 3.86. The smallest absolute Gasteiger partial charge is 0.366 e. The van der Waals surface area contributed by atoms with E-state index in [2.05, 4.69) is 4.74 Å². The molecule has 0 rings (SSSR count). The van der Waals surface area contributed by atoms with E-state index in [9.17, 15) is 9.18 Å². The number of hydrogen-bond donors (Lipinski definition) is 0. The zero-order valence-corrected chi connectivity index (χ0v) is 5.48. The second-order valence-corrected chi connectivity index (χ2v) is 1.45. The van der Waals surface area contributed by atoms with Crippen molar-refractivity contribution in [1.82, 2.24) is 0 Å². The van der Waals surface area contributed by atoms with Crippen LogP contribution in [0.5, 0.6) is 0 Å². The van der Waals surface area contributed by atoms with Crippen molar-refractivity contribution in [1.29, 1.82) is 0 Å². The molecular formula is C6H9FO2. The maximum Gasteiger partial charge on any atom is 0.366 e. The van der Waals surface area contributed by atoms with Gasteiger partial charge >= 0.3 is 5.97 Å². The molecule has 0 aromatic heterocycles. The summed E-state index contributed by atoms with van der Waals surface area (Å²) in [4.78, 5) is 10.2. The summed E-state index contributed by atoms with van der Waals surface area (Å²) in [7, 11) is 1.14. The summed E-state index contributed by atoms with van der Waals surface area (Å²) in [5.74, 6) is -1.73. The van der Waals surface area contributed by atoms with Gasteiger partial charge in [-0.3, -0.25) is 0 Å². The SMILES string of the molecule is CCC=C(F)C(=O)OC. The van der Waals surface area contributed by atoms with Crippen LogP contribution in [0, 0.1) is 0 Å². The number of rotatable bonds is 2. The summed E-state index contributed by atoms with van der Waals surface area (Å²) in [6.45, 7) is 1.74. The van der Waals surface area contributed by atoms with E-state index in [0.717, 1.165) is 7.11 Å². The predicted molar refractivity (Wildman–Crippen MR) is 31.5 cm³/mol. The zero-order valence-electron chi connectivity index (χ0n) is 5.48. The lowest BCUT2D eigenvalue weighted by atomic mass is 10.4. The lowest BCUT2D eigenvalue weighted by Gasteiger charge is -1.91. The van der Waals surface area contributed by atoms with Gasteiger partial charge in [0.15, 0.2) is 0 Å². The highest BCUT2D eigenvalue weighted by molar-refractivity contribution is 5.85. The van der Waals surface area contributed by atoms with E-state index < -0.39 is 11.8 Å². The fourth-order valence-corrected chi connectivity index (χ4v) is 0.360. The van der Waals surface area contributed by atoms with Crippen molar-refractivity contribution in [3.8, 4) is 0 Å². The van der Waals surface area contributed by atoms with Crippen molar-refractivity contribution in [3.05, 3.63) is 11.9 Å². The Labute approximate surface area is 53.3 Å². The standard InChI is InChI=1S/C6H9FO2/c1-3-4-5(7)6(8)9-2/h4H,3H2,1-2H3. The molecule has 0 heterocycles. The largest absolute Gasteiger partial charge is 0.464 e. The summed E-state index contributed by atoms with van der Waals surface area (Å²) in [5.41, 5.74) is 0. The summed E-state index contributed by atoms with van der Waals surface area (Å²) >= 11 is 0. The van der Waals surface area contributed by atoms with Crippen LogP contribution in [0.3, 0.4) is 0 Å². The minimum Gasteiger partial charge on any atom is -0.464 e. The van der Waals surface area contributed by atoms with Crippen LogP contribution >= 0.6 is 0 Å². The summed E-state index contributed by atoms with van der Waals surface area (Å²) < 4.78 is 16.3. The van der Waals surface area contributed by atoms with Gasteiger partial charge in [0.05, 0.1) is 7.11 Å². The molecule has 0 aromatic carbocycles. The molecule has 0 aliphatic carbocycles. The van der Waals surface area contributed by atoms with Gasteiger partial charge < -0.3 is 4.74 Å². The fraction of sp³-hybridized carbons (Fsp3) is 0.500. The molecule has 0 atom stereocenters. The molecule has 0 saturated heterocycles. The fourth-order valence-electron chi connectivity index (χ4n) is 0.360. The molecule has 52 valence electrons. The van der Waals surface area contributed by atoms with Gasteiger partial charge in [0, 0.05) is 0 Å². The average molecular weight is 132 g/mol. The maximum absolute atomic E-state index is 12.2. The summed E-state index contributed by atoms with van der Waals surface area (Å²) in [5, 5.41) is 0. The predicted octanol–water partition coefficient (Wildman–Crippen LogP) is 1.42. The second-order valence-electron chi connectivity index (χ2n) is 1.45. The molecule has 0 fully saturated rings. The Morgan fingerprint density at radius 3 is 2.67 bits per heavy atom. The molecule has 0 aliphatic heterocycles. The van der Waals surface area contributed by atoms with E-state index in [4.69, 9.17) is 0 Å². The summed E-state index contributed by atoms with van der Waals surface area (Å²) in [6.07, 6.45) is 1.67. The number of esters is 1. The molecule has 9 heavy (non-hydrogen) atoms. The Morgan fingerprint density at radius 1 is 1.78 bits per heavy atom. The Bertz CT molecular complexity index is 129. The van der Waals surface area contributed by atoms with Crippen LogP contribution in [0.25, 0.3) is 0 Å². The lowest BCUT2D eigenvalue weighted by Crippen LogP contribution is -1.99. The number of ether oxygens (including phenoxy) is 1. The minimum atomic E-state index is -0.906. The number of halogens is 1. The molecule has 0 aromatic rings. The number of allylic oxidation sites excluding steroid dienone is 1. The molecule has 0 aliphatic rings. The van der Waals surface area contributed by atoms with E-state index in [0.29, 0.717) is 6.42 Å². The second kappa shape index (κ2) is 4.06. The molecule has 0 spiro atoms. The van der Waals surface area contributed by atoms with Crippen molar-refractivity contribution < 1.29 is 13.9 Å². The molecule has 0 N–H and O–H groups in total. The Hall–Kier alpha value is -0.860. The molecule has 0 unspecified atom stereocenters. The number of methoxy groups -OCH3 is 1. The number of carbonyl (C=O) groups excluding carboxylic acids is 1. The highest BCUT2D eigenvalue weighted by Gasteiger charge is 2.04. The quantitative estimate of drug-likeness (QED) is 0.419. The zero-order chi connectivity index (χ0) is 7.28. The molecule has 0 bridgehead atoms. The topological polar surface area (TPSA) is 26.3 Å². The molecule has 0 amide bonds. The highest BCUT2D eigenvalue weighted by atomic mass is 19.1. The van der Waals surface area contributed by atoms with E-state index in [1.54, 1.807) is 6.92 Å². The van der Waals surface area contributed by atoms with Crippen molar-refractivity contribution in [2.45, 2.75) is 13.3 Å². The molecule has 0 saturated carbocycles. The average Bonchev–Trinajstić information content (AvgIpc) is 1.87. The van der Waals surface area contributed by atoms with Gasteiger partial charge in [-0.1, -0.05) is 6.92 Å². The van der Waals surface area contributed by atoms with Gasteiger partial charge in [-0.2, -0.15) is 4.39 Å². The number of carbonyl (C=O) groups is 1. The van der Waals surface area contributed by atoms with Gasteiger partial charge in [-0.05, 0) is 12.5 Å². The van der Waals surface area contributed by atoms with Gasteiger partial charge in [0.1, 0.15) is 0 Å². The molecular weight excluding hydrogens is 123 g/mol. The van der Waals surface area contributed by atoms with Gasteiger partial charge in [0.2, 0.25) is 5.83 Å². The maximum atomic E-state index is 12.2. The normalized spacial score (nSPS) is 11.2. The van der Waals surface area contributed by atoms with Gasteiger partial charge in [0.25, 0.3) is 0 Å².